The fourth-order valence-corrected chi connectivity index (χ4v) is 3.66. The maximum atomic E-state index is 12.3. The number of para-hydroxylation sites is 2. The Hall–Kier alpha value is -2.09. The van der Waals surface area contributed by atoms with Gasteiger partial charge in [-0.05, 0) is 34.5 Å². The molecule has 2 heterocycles. The van der Waals surface area contributed by atoms with Gasteiger partial charge in [-0.2, -0.15) is 11.3 Å². The highest BCUT2D eigenvalue weighted by molar-refractivity contribution is 7.07. The van der Waals surface area contributed by atoms with Crippen molar-refractivity contribution in [2.24, 2.45) is 0 Å². The van der Waals surface area contributed by atoms with Crippen LogP contribution >= 0.6 is 11.3 Å². The Morgan fingerprint density at radius 3 is 2.73 bits per heavy atom. The molecule has 1 aliphatic heterocycles. The largest absolute Gasteiger partial charge is 0.493 e. The van der Waals surface area contributed by atoms with Crippen LogP contribution in [-0.2, 0) is 9.53 Å². The topological polar surface area (TPSA) is 60.0 Å². The van der Waals surface area contributed by atoms with Crippen molar-refractivity contribution in [2.45, 2.75) is 6.04 Å². The third kappa shape index (κ3) is 4.97. The van der Waals surface area contributed by atoms with Gasteiger partial charge in [0.25, 0.3) is 5.91 Å². The molecule has 0 unspecified atom stereocenters. The number of benzene rings is 1. The Morgan fingerprint density at radius 1 is 1.27 bits per heavy atom. The zero-order valence-corrected chi connectivity index (χ0v) is 15.7. The number of ether oxygens (including phenoxy) is 3. The van der Waals surface area contributed by atoms with Crippen LogP contribution in [0.4, 0.5) is 0 Å². The highest BCUT2D eigenvalue weighted by atomic mass is 32.1. The molecule has 140 valence electrons. The Balaban J connectivity index is 1.54. The van der Waals surface area contributed by atoms with Gasteiger partial charge in [0.1, 0.15) is 0 Å². The normalized spacial score (nSPS) is 16.0. The Bertz CT molecular complexity index is 687. The van der Waals surface area contributed by atoms with E-state index in [2.05, 4.69) is 27.0 Å². The molecule has 1 saturated heterocycles. The second-order valence-corrected chi connectivity index (χ2v) is 6.74. The van der Waals surface area contributed by atoms with Gasteiger partial charge in [-0.3, -0.25) is 9.69 Å². The van der Waals surface area contributed by atoms with E-state index < -0.39 is 0 Å². The van der Waals surface area contributed by atoms with Crippen LogP contribution in [0.15, 0.2) is 41.1 Å². The third-order valence-electron chi connectivity index (χ3n) is 4.33. The Labute approximate surface area is 157 Å². The maximum absolute atomic E-state index is 12.3. The summed E-state index contributed by atoms with van der Waals surface area (Å²) in [5.41, 5.74) is 1.22. The van der Waals surface area contributed by atoms with Gasteiger partial charge in [-0.25, -0.2) is 0 Å². The molecule has 1 atom stereocenters. The van der Waals surface area contributed by atoms with Crippen molar-refractivity contribution in [2.75, 3.05) is 46.6 Å². The summed E-state index contributed by atoms with van der Waals surface area (Å²) in [6.07, 6.45) is 0. The second-order valence-electron chi connectivity index (χ2n) is 5.96. The van der Waals surface area contributed by atoms with E-state index in [0.29, 0.717) is 18.0 Å². The van der Waals surface area contributed by atoms with Crippen molar-refractivity contribution in [1.29, 1.82) is 0 Å². The number of morpholine rings is 1. The number of rotatable bonds is 8. The quantitative estimate of drug-likeness (QED) is 0.766. The van der Waals surface area contributed by atoms with Gasteiger partial charge in [-0.15, -0.1) is 0 Å². The third-order valence-corrected chi connectivity index (χ3v) is 5.04. The number of carbonyl (C=O) groups excluding carboxylic acids is 1. The molecule has 1 amide bonds. The minimum atomic E-state index is -0.149. The zero-order valence-electron chi connectivity index (χ0n) is 14.8. The molecule has 7 heteroatoms. The number of nitrogens with zero attached hydrogens (tertiary/aromatic N) is 1. The second kappa shape index (κ2) is 9.56. The lowest BCUT2D eigenvalue weighted by molar-refractivity contribution is -0.123. The first-order valence-corrected chi connectivity index (χ1v) is 9.58. The van der Waals surface area contributed by atoms with Crippen LogP contribution in [0.25, 0.3) is 0 Å². The van der Waals surface area contributed by atoms with Crippen molar-refractivity contribution in [3.63, 3.8) is 0 Å². The molecule has 0 saturated carbocycles. The van der Waals surface area contributed by atoms with Gasteiger partial charge in [0.15, 0.2) is 18.1 Å². The van der Waals surface area contributed by atoms with E-state index in [4.69, 9.17) is 14.2 Å². The van der Waals surface area contributed by atoms with Crippen LogP contribution in [0.2, 0.25) is 0 Å². The van der Waals surface area contributed by atoms with Gasteiger partial charge in [0, 0.05) is 19.6 Å². The summed E-state index contributed by atoms with van der Waals surface area (Å²) in [4.78, 5) is 14.6. The van der Waals surface area contributed by atoms with Gasteiger partial charge >= 0.3 is 0 Å². The van der Waals surface area contributed by atoms with Gasteiger partial charge < -0.3 is 19.5 Å². The summed E-state index contributed by atoms with van der Waals surface area (Å²) in [5.74, 6) is 1.03. The van der Waals surface area contributed by atoms with Gasteiger partial charge in [0.05, 0.1) is 26.4 Å². The molecule has 0 spiro atoms. The van der Waals surface area contributed by atoms with E-state index in [9.17, 15) is 4.79 Å². The fraction of sp³-hybridized carbons (Fsp3) is 0.421. The molecule has 3 rings (SSSR count). The molecule has 0 radical (unpaired) electrons. The maximum Gasteiger partial charge on any atom is 0.258 e. The summed E-state index contributed by atoms with van der Waals surface area (Å²) >= 11 is 1.67. The van der Waals surface area contributed by atoms with Crippen LogP contribution in [-0.4, -0.2) is 57.4 Å². The zero-order chi connectivity index (χ0) is 18.2. The lowest BCUT2D eigenvalue weighted by Crippen LogP contribution is -2.44. The summed E-state index contributed by atoms with van der Waals surface area (Å²) in [7, 11) is 1.58. The van der Waals surface area contributed by atoms with Crippen molar-refractivity contribution >= 4 is 17.2 Å². The number of nitrogens with one attached hydrogen (secondary N) is 1. The van der Waals surface area contributed by atoms with E-state index >= 15 is 0 Å². The number of amides is 1. The average Bonchev–Trinajstić information content (AvgIpc) is 3.22. The minimum Gasteiger partial charge on any atom is -0.493 e. The predicted molar refractivity (Wildman–Crippen MR) is 101 cm³/mol. The van der Waals surface area contributed by atoms with E-state index in [0.717, 1.165) is 26.3 Å². The monoisotopic (exact) mass is 376 g/mol. The molecule has 1 aromatic heterocycles. The van der Waals surface area contributed by atoms with Crippen molar-refractivity contribution in [1.82, 2.24) is 10.2 Å². The summed E-state index contributed by atoms with van der Waals surface area (Å²) in [5, 5.41) is 7.19. The number of carbonyl (C=O) groups is 1. The standard InChI is InChI=1S/C19H24N2O4S/c1-23-17-4-2-3-5-18(17)25-13-19(22)20-12-16(15-6-11-26-14-15)21-7-9-24-10-8-21/h2-6,11,14,16H,7-10,12-13H2,1H3,(H,20,22)/t16-/m0/s1. The molecular formula is C19H24N2O4S. The molecule has 6 nitrogen and oxygen atoms in total. The Kier molecular flexibility index (Phi) is 6.88. The van der Waals surface area contributed by atoms with Crippen LogP contribution in [0.3, 0.4) is 0 Å². The van der Waals surface area contributed by atoms with Crippen molar-refractivity contribution in [3.05, 3.63) is 46.7 Å². The molecule has 1 N–H and O–H groups in total. The average molecular weight is 376 g/mol. The highest BCUT2D eigenvalue weighted by Crippen LogP contribution is 2.26. The van der Waals surface area contributed by atoms with Gasteiger partial charge in [-0.1, -0.05) is 12.1 Å². The minimum absolute atomic E-state index is 0.0418. The predicted octanol–water partition coefficient (Wildman–Crippen LogP) is 2.33. The molecule has 0 aliphatic carbocycles. The van der Waals surface area contributed by atoms with E-state index in [1.165, 1.54) is 5.56 Å². The summed E-state index contributed by atoms with van der Waals surface area (Å²) < 4.78 is 16.3. The van der Waals surface area contributed by atoms with Crippen LogP contribution < -0.4 is 14.8 Å². The number of hydrogen-bond acceptors (Lipinski definition) is 6. The summed E-state index contributed by atoms with van der Waals surface area (Å²) in [6, 6.07) is 9.56. The molecule has 1 aliphatic rings. The summed E-state index contributed by atoms with van der Waals surface area (Å²) in [6.45, 7) is 3.70. The molecule has 0 bridgehead atoms. The molecule has 1 fully saturated rings. The van der Waals surface area contributed by atoms with Crippen LogP contribution in [0, 0.1) is 0 Å². The lowest BCUT2D eigenvalue weighted by Gasteiger charge is -2.34. The molecule has 26 heavy (non-hydrogen) atoms. The Morgan fingerprint density at radius 2 is 2.04 bits per heavy atom. The van der Waals surface area contributed by atoms with E-state index in [1.807, 2.05) is 12.1 Å². The van der Waals surface area contributed by atoms with Crippen molar-refractivity contribution < 1.29 is 19.0 Å². The van der Waals surface area contributed by atoms with Crippen LogP contribution in [0.1, 0.15) is 11.6 Å². The first-order chi connectivity index (χ1) is 12.8. The number of hydrogen-bond donors (Lipinski definition) is 1. The lowest BCUT2D eigenvalue weighted by atomic mass is 10.1. The van der Waals surface area contributed by atoms with Crippen LogP contribution in [0.5, 0.6) is 11.5 Å². The van der Waals surface area contributed by atoms with E-state index in [-0.39, 0.29) is 18.6 Å². The van der Waals surface area contributed by atoms with Crippen molar-refractivity contribution in [3.8, 4) is 11.5 Å². The smallest absolute Gasteiger partial charge is 0.258 e. The van der Waals surface area contributed by atoms with Gasteiger partial charge in [0.2, 0.25) is 0 Å². The number of methoxy groups -OCH3 is 1. The first kappa shape index (κ1) is 18.7. The first-order valence-electron chi connectivity index (χ1n) is 8.64. The number of thiophene rings is 1. The molecular weight excluding hydrogens is 352 g/mol. The SMILES string of the molecule is COc1ccccc1OCC(=O)NC[C@@H](c1ccsc1)N1CCOCC1. The fourth-order valence-electron chi connectivity index (χ4n) is 2.95. The highest BCUT2D eigenvalue weighted by Gasteiger charge is 2.23. The molecule has 1 aromatic carbocycles. The molecule has 2 aromatic rings. The van der Waals surface area contributed by atoms with E-state index in [1.54, 1.807) is 30.6 Å².